The van der Waals surface area contributed by atoms with Crippen molar-refractivity contribution in [2.24, 2.45) is 5.73 Å². The Balaban J connectivity index is 1.81. The maximum Gasteiger partial charge on any atom is 0.256 e. The molecule has 2 N–H and O–H groups in total. The number of piperidine rings is 1. The Labute approximate surface area is 119 Å². The number of benzene rings is 1. The van der Waals surface area contributed by atoms with E-state index in [2.05, 4.69) is 13.0 Å². The van der Waals surface area contributed by atoms with Crippen molar-refractivity contribution in [3.05, 3.63) is 35.4 Å². The summed E-state index contributed by atoms with van der Waals surface area (Å²) in [6, 6.07) is 8.51. The molecule has 0 saturated carbocycles. The lowest BCUT2D eigenvalue weighted by Gasteiger charge is -2.39. The molecule has 0 aliphatic carbocycles. The third-order valence-corrected chi connectivity index (χ3v) is 4.42. The molecule has 0 aromatic heterocycles. The number of hydrogen-bond donors (Lipinski definition) is 1. The van der Waals surface area contributed by atoms with Gasteiger partial charge in [0.2, 0.25) is 0 Å². The number of nitrogens with zero attached hydrogens (tertiary/aromatic N) is 1. The minimum Gasteiger partial charge on any atom is -0.363 e. The van der Waals surface area contributed by atoms with Crippen LogP contribution in [0, 0.1) is 0 Å². The van der Waals surface area contributed by atoms with Crippen molar-refractivity contribution in [3.63, 3.8) is 0 Å². The fraction of sp³-hybridized carbons (Fsp3) is 0.562. The molecular formula is C16H22N2O2. The second-order valence-corrected chi connectivity index (χ2v) is 5.86. The van der Waals surface area contributed by atoms with E-state index in [9.17, 15) is 4.79 Å². The average molecular weight is 274 g/mol. The van der Waals surface area contributed by atoms with Gasteiger partial charge < -0.3 is 15.4 Å². The summed E-state index contributed by atoms with van der Waals surface area (Å²) in [5, 5.41) is 0. The first-order valence-corrected chi connectivity index (χ1v) is 7.42. The molecule has 4 nitrogen and oxygen atoms in total. The summed E-state index contributed by atoms with van der Waals surface area (Å²) in [5.41, 5.74) is 8.24. The van der Waals surface area contributed by atoms with Gasteiger partial charge in [-0.2, -0.15) is 0 Å². The van der Waals surface area contributed by atoms with E-state index in [0.29, 0.717) is 6.61 Å². The average Bonchev–Trinajstić information content (AvgIpc) is 2.46. The fourth-order valence-electron chi connectivity index (χ4n) is 3.29. The number of hydrogen-bond acceptors (Lipinski definition) is 3. The van der Waals surface area contributed by atoms with Gasteiger partial charge >= 0.3 is 0 Å². The molecule has 3 rings (SSSR count). The SMILES string of the molecule is CC1CC(N)CCN1C(=O)C1OCCc2ccccc21. The molecule has 0 spiro atoms. The quantitative estimate of drug-likeness (QED) is 0.847. The molecular weight excluding hydrogens is 252 g/mol. The summed E-state index contributed by atoms with van der Waals surface area (Å²) in [4.78, 5) is 14.7. The van der Waals surface area contributed by atoms with Crippen LogP contribution in [0.5, 0.6) is 0 Å². The van der Waals surface area contributed by atoms with Gasteiger partial charge in [-0.05, 0) is 37.3 Å². The van der Waals surface area contributed by atoms with Gasteiger partial charge in [0.25, 0.3) is 5.91 Å². The largest absolute Gasteiger partial charge is 0.363 e. The lowest BCUT2D eigenvalue weighted by molar-refractivity contribution is -0.148. The number of carbonyl (C=O) groups is 1. The zero-order valence-corrected chi connectivity index (χ0v) is 11.9. The van der Waals surface area contributed by atoms with Crippen molar-refractivity contribution in [2.75, 3.05) is 13.2 Å². The molecule has 1 amide bonds. The highest BCUT2D eigenvalue weighted by Gasteiger charge is 2.35. The molecule has 108 valence electrons. The van der Waals surface area contributed by atoms with E-state index in [1.807, 2.05) is 23.1 Å². The molecule has 3 unspecified atom stereocenters. The third-order valence-electron chi connectivity index (χ3n) is 4.42. The number of likely N-dealkylation sites (tertiary alicyclic amines) is 1. The number of amides is 1. The zero-order valence-electron chi connectivity index (χ0n) is 11.9. The van der Waals surface area contributed by atoms with Crippen molar-refractivity contribution in [1.82, 2.24) is 4.90 Å². The summed E-state index contributed by atoms with van der Waals surface area (Å²) in [7, 11) is 0. The third kappa shape index (κ3) is 2.45. The van der Waals surface area contributed by atoms with Crippen molar-refractivity contribution >= 4 is 5.91 Å². The van der Waals surface area contributed by atoms with Crippen LogP contribution in [-0.4, -0.2) is 36.0 Å². The maximum absolute atomic E-state index is 12.8. The van der Waals surface area contributed by atoms with Gasteiger partial charge in [0.05, 0.1) is 6.61 Å². The summed E-state index contributed by atoms with van der Waals surface area (Å²) < 4.78 is 5.77. The first-order chi connectivity index (χ1) is 9.66. The van der Waals surface area contributed by atoms with Crippen LogP contribution in [0.25, 0.3) is 0 Å². The second kappa shape index (κ2) is 5.54. The van der Waals surface area contributed by atoms with Crippen LogP contribution in [0.4, 0.5) is 0 Å². The van der Waals surface area contributed by atoms with Crippen LogP contribution in [-0.2, 0) is 16.0 Å². The van der Waals surface area contributed by atoms with E-state index in [1.54, 1.807) is 0 Å². The molecule has 1 fully saturated rings. The maximum atomic E-state index is 12.8. The minimum absolute atomic E-state index is 0.0940. The molecule has 2 aliphatic heterocycles. The number of carbonyl (C=O) groups excluding carboxylic acids is 1. The Morgan fingerprint density at radius 2 is 2.20 bits per heavy atom. The first kappa shape index (κ1) is 13.6. The van der Waals surface area contributed by atoms with Gasteiger partial charge in [-0.15, -0.1) is 0 Å². The molecule has 4 heteroatoms. The lowest BCUT2D eigenvalue weighted by Crippen LogP contribution is -2.50. The zero-order chi connectivity index (χ0) is 14.1. The summed E-state index contributed by atoms with van der Waals surface area (Å²) in [5.74, 6) is 0.0940. The first-order valence-electron chi connectivity index (χ1n) is 7.42. The molecule has 3 atom stereocenters. The van der Waals surface area contributed by atoms with Crippen molar-refractivity contribution in [3.8, 4) is 0 Å². The number of fused-ring (bicyclic) bond motifs is 1. The predicted octanol–water partition coefficient (Wildman–Crippen LogP) is 1.64. The molecule has 2 heterocycles. The Bertz CT molecular complexity index is 503. The lowest BCUT2D eigenvalue weighted by atomic mass is 9.94. The van der Waals surface area contributed by atoms with Crippen molar-refractivity contribution in [1.29, 1.82) is 0 Å². The van der Waals surface area contributed by atoms with Gasteiger partial charge in [0, 0.05) is 18.6 Å². The van der Waals surface area contributed by atoms with Crippen molar-refractivity contribution < 1.29 is 9.53 Å². The number of ether oxygens (including phenoxy) is 1. The van der Waals surface area contributed by atoms with Gasteiger partial charge in [0.1, 0.15) is 0 Å². The minimum atomic E-state index is -0.434. The van der Waals surface area contributed by atoms with Gasteiger partial charge in [0.15, 0.2) is 6.10 Å². The van der Waals surface area contributed by atoms with Gasteiger partial charge in [-0.3, -0.25) is 4.79 Å². The predicted molar refractivity (Wildman–Crippen MR) is 77.2 cm³/mol. The van der Waals surface area contributed by atoms with E-state index in [4.69, 9.17) is 10.5 Å². The highest BCUT2D eigenvalue weighted by Crippen LogP contribution is 2.30. The Hall–Kier alpha value is -1.39. The number of nitrogens with two attached hydrogens (primary N) is 1. The van der Waals surface area contributed by atoms with Crippen LogP contribution in [0.1, 0.15) is 37.0 Å². The molecule has 20 heavy (non-hydrogen) atoms. The summed E-state index contributed by atoms with van der Waals surface area (Å²) >= 11 is 0. The van der Waals surface area contributed by atoms with Crippen LogP contribution in [0.15, 0.2) is 24.3 Å². The Kier molecular flexibility index (Phi) is 3.76. The van der Waals surface area contributed by atoms with Crippen molar-refractivity contribution in [2.45, 2.75) is 44.4 Å². The molecule has 2 aliphatic rings. The van der Waals surface area contributed by atoms with Gasteiger partial charge in [-0.25, -0.2) is 0 Å². The van der Waals surface area contributed by atoms with E-state index >= 15 is 0 Å². The topological polar surface area (TPSA) is 55.6 Å². The van der Waals surface area contributed by atoms with Crippen LogP contribution in [0.2, 0.25) is 0 Å². The molecule has 0 bridgehead atoms. The van der Waals surface area contributed by atoms with Gasteiger partial charge in [-0.1, -0.05) is 24.3 Å². The van der Waals surface area contributed by atoms with E-state index in [1.165, 1.54) is 5.56 Å². The van der Waals surface area contributed by atoms with E-state index < -0.39 is 6.10 Å². The molecule has 1 saturated heterocycles. The fourth-order valence-corrected chi connectivity index (χ4v) is 3.29. The standard InChI is InChI=1S/C16H22N2O2/c1-11-10-13(17)6-8-18(11)16(19)15-14-5-3-2-4-12(14)7-9-20-15/h2-5,11,13,15H,6-10,17H2,1H3. The van der Waals surface area contributed by atoms with Crippen LogP contribution in [0.3, 0.4) is 0 Å². The van der Waals surface area contributed by atoms with Crippen LogP contribution >= 0.6 is 0 Å². The molecule has 1 aromatic carbocycles. The monoisotopic (exact) mass is 274 g/mol. The summed E-state index contributed by atoms with van der Waals surface area (Å²) in [6.45, 7) is 3.43. The molecule has 0 radical (unpaired) electrons. The highest BCUT2D eigenvalue weighted by molar-refractivity contribution is 5.83. The van der Waals surface area contributed by atoms with Crippen LogP contribution < -0.4 is 5.73 Å². The second-order valence-electron chi connectivity index (χ2n) is 5.86. The van der Waals surface area contributed by atoms with E-state index in [-0.39, 0.29) is 18.0 Å². The normalized spacial score (nSPS) is 29.9. The Morgan fingerprint density at radius 1 is 1.40 bits per heavy atom. The molecule has 1 aromatic rings. The Morgan fingerprint density at radius 3 is 3.00 bits per heavy atom. The van der Waals surface area contributed by atoms with E-state index in [0.717, 1.165) is 31.4 Å². The smallest absolute Gasteiger partial charge is 0.256 e. The highest BCUT2D eigenvalue weighted by atomic mass is 16.5. The number of rotatable bonds is 1. The summed E-state index contributed by atoms with van der Waals surface area (Å²) in [6.07, 6.45) is 2.21.